The van der Waals surface area contributed by atoms with Gasteiger partial charge in [0.2, 0.25) is 0 Å². The van der Waals surface area contributed by atoms with Gasteiger partial charge in [0.15, 0.2) is 11.5 Å². The molecule has 20 heavy (non-hydrogen) atoms. The topological polar surface area (TPSA) is 30.8 Å². The van der Waals surface area contributed by atoms with Crippen molar-refractivity contribution >= 4 is 34.5 Å². The van der Waals surface area contributed by atoms with Gasteiger partial charge in [-0.25, -0.2) is 0 Å². The number of hydrogen-bond acceptors (Lipinski definition) is 3. The molecule has 0 heterocycles. The predicted octanol–water partition coefficient (Wildman–Crippen LogP) is 4.37. The second-order valence-corrected chi connectivity index (χ2v) is 5.55. The standard InChI is InChI=1S/C16H16INO2/c1-11-7-15(19-2)16(20-3)8-12(11)10-18-14-6-4-5-13(17)9-14/h4-10H,1-3H3. The van der Waals surface area contributed by atoms with Crippen molar-refractivity contribution in [2.75, 3.05) is 14.2 Å². The number of aryl methyl sites for hydroxylation is 1. The summed E-state index contributed by atoms with van der Waals surface area (Å²) in [6.45, 7) is 2.03. The molecule has 2 aromatic carbocycles. The number of nitrogens with zero attached hydrogens (tertiary/aromatic N) is 1. The number of benzene rings is 2. The van der Waals surface area contributed by atoms with E-state index in [-0.39, 0.29) is 0 Å². The van der Waals surface area contributed by atoms with E-state index in [9.17, 15) is 0 Å². The van der Waals surface area contributed by atoms with Crippen LogP contribution in [0.3, 0.4) is 0 Å². The zero-order chi connectivity index (χ0) is 14.5. The van der Waals surface area contributed by atoms with Crippen LogP contribution in [0.5, 0.6) is 11.5 Å². The maximum atomic E-state index is 5.32. The molecule has 3 nitrogen and oxygen atoms in total. The first kappa shape index (κ1) is 14.8. The summed E-state index contributed by atoms with van der Waals surface area (Å²) in [4.78, 5) is 4.50. The zero-order valence-electron chi connectivity index (χ0n) is 11.7. The zero-order valence-corrected chi connectivity index (χ0v) is 13.8. The molecule has 0 amide bonds. The third-order valence-corrected chi connectivity index (χ3v) is 3.60. The van der Waals surface area contributed by atoms with Gasteiger partial charge >= 0.3 is 0 Å². The van der Waals surface area contributed by atoms with Crippen LogP contribution in [0.25, 0.3) is 0 Å². The molecule has 2 aromatic rings. The monoisotopic (exact) mass is 381 g/mol. The van der Waals surface area contributed by atoms with Crippen molar-refractivity contribution in [2.45, 2.75) is 6.92 Å². The molecule has 0 saturated carbocycles. The van der Waals surface area contributed by atoms with Crippen LogP contribution >= 0.6 is 22.6 Å². The predicted molar refractivity (Wildman–Crippen MR) is 90.7 cm³/mol. The molecule has 0 aromatic heterocycles. The lowest BCUT2D eigenvalue weighted by molar-refractivity contribution is 0.354. The SMILES string of the molecule is COc1cc(C)c(C=Nc2cccc(I)c2)cc1OC. The maximum absolute atomic E-state index is 5.32. The molecule has 0 fully saturated rings. The average molecular weight is 381 g/mol. The fourth-order valence-corrected chi connectivity index (χ4v) is 2.36. The van der Waals surface area contributed by atoms with Gasteiger partial charge in [0.1, 0.15) is 0 Å². The lowest BCUT2D eigenvalue weighted by Gasteiger charge is -2.10. The highest BCUT2D eigenvalue weighted by Gasteiger charge is 2.07. The van der Waals surface area contributed by atoms with Crippen molar-refractivity contribution in [3.05, 3.63) is 51.1 Å². The highest BCUT2D eigenvalue weighted by atomic mass is 127. The Labute approximate surface area is 132 Å². The minimum atomic E-state index is 0.710. The fraction of sp³-hybridized carbons (Fsp3) is 0.188. The highest BCUT2D eigenvalue weighted by Crippen LogP contribution is 2.29. The largest absolute Gasteiger partial charge is 0.493 e. The molecule has 0 aliphatic rings. The van der Waals surface area contributed by atoms with Crippen molar-refractivity contribution < 1.29 is 9.47 Å². The van der Waals surface area contributed by atoms with Crippen LogP contribution in [0.1, 0.15) is 11.1 Å². The van der Waals surface area contributed by atoms with Crippen LogP contribution < -0.4 is 9.47 Å². The van der Waals surface area contributed by atoms with Crippen molar-refractivity contribution in [1.82, 2.24) is 0 Å². The molecule has 0 N–H and O–H groups in total. The second-order valence-electron chi connectivity index (χ2n) is 4.30. The number of hydrogen-bond donors (Lipinski definition) is 0. The minimum Gasteiger partial charge on any atom is -0.493 e. The average Bonchev–Trinajstić information content (AvgIpc) is 2.45. The Bertz CT molecular complexity index is 638. The molecular formula is C16H16INO2. The van der Waals surface area contributed by atoms with Crippen LogP contribution in [0, 0.1) is 10.5 Å². The Morgan fingerprint density at radius 1 is 1.05 bits per heavy atom. The first-order valence-corrected chi connectivity index (χ1v) is 7.24. The van der Waals surface area contributed by atoms with E-state index in [1.165, 1.54) is 3.57 Å². The first-order chi connectivity index (χ1) is 9.63. The lowest BCUT2D eigenvalue weighted by Crippen LogP contribution is -1.95. The van der Waals surface area contributed by atoms with Gasteiger partial charge in [-0.05, 0) is 71.0 Å². The Kier molecular flexibility index (Phi) is 5.00. The van der Waals surface area contributed by atoms with E-state index in [1.807, 2.05) is 49.5 Å². The van der Waals surface area contributed by atoms with Gasteiger partial charge in [0.25, 0.3) is 0 Å². The fourth-order valence-electron chi connectivity index (χ4n) is 1.84. The molecule has 0 spiro atoms. The van der Waals surface area contributed by atoms with E-state index in [4.69, 9.17) is 9.47 Å². The number of halogens is 1. The lowest BCUT2D eigenvalue weighted by atomic mass is 10.1. The number of methoxy groups -OCH3 is 2. The quantitative estimate of drug-likeness (QED) is 0.582. The van der Waals surface area contributed by atoms with E-state index in [1.54, 1.807) is 14.2 Å². The van der Waals surface area contributed by atoms with Crippen LogP contribution in [-0.2, 0) is 0 Å². The Morgan fingerprint density at radius 3 is 2.40 bits per heavy atom. The van der Waals surface area contributed by atoms with Crippen molar-refractivity contribution in [3.63, 3.8) is 0 Å². The van der Waals surface area contributed by atoms with Crippen LogP contribution in [0.2, 0.25) is 0 Å². The van der Waals surface area contributed by atoms with Gasteiger partial charge in [0, 0.05) is 9.78 Å². The van der Waals surface area contributed by atoms with Crippen molar-refractivity contribution in [1.29, 1.82) is 0 Å². The molecule has 4 heteroatoms. The summed E-state index contributed by atoms with van der Waals surface area (Å²) in [6, 6.07) is 11.9. The molecule has 0 radical (unpaired) electrons. The molecular weight excluding hydrogens is 365 g/mol. The normalized spacial score (nSPS) is 10.8. The van der Waals surface area contributed by atoms with Crippen LogP contribution in [0.15, 0.2) is 41.4 Å². The first-order valence-electron chi connectivity index (χ1n) is 6.16. The van der Waals surface area contributed by atoms with Gasteiger partial charge in [-0.1, -0.05) is 6.07 Å². The number of rotatable bonds is 4. The summed E-state index contributed by atoms with van der Waals surface area (Å²) in [7, 11) is 3.27. The number of ether oxygens (including phenoxy) is 2. The van der Waals surface area contributed by atoms with E-state index in [0.29, 0.717) is 5.75 Å². The van der Waals surface area contributed by atoms with Crippen LogP contribution in [0.4, 0.5) is 5.69 Å². The van der Waals surface area contributed by atoms with Gasteiger partial charge in [-0.2, -0.15) is 0 Å². The Hall–Kier alpha value is -1.56. The molecule has 0 bridgehead atoms. The molecule has 104 valence electrons. The third kappa shape index (κ3) is 3.50. The van der Waals surface area contributed by atoms with Crippen molar-refractivity contribution in [3.8, 4) is 11.5 Å². The summed E-state index contributed by atoms with van der Waals surface area (Å²) >= 11 is 2.28. The summed E-state index contributed by atoms with van der Waals surface area (Å²) in [5, 5.41) is 0. The molecule has 0 unspecified atom stereocenters. The summed E-state index contributed by atoms with van der Waals surface area (Å²) < 4.78 is 11.8. The van der Waals surface area contributed by atoms with Crippen molar-refractivity contribution in [2.24, 2.45) is 4.99 Å². The third-order valence-electron chi connectivity index (χ3n) is 2.93. The van der Waals surface area contributed by atoms with Gasteiger partial charge < -0.3 is 9.47 Å². The summed E-state index contributed by atoms with van der Waals surface area (Å²) in [5.74, 6) is 1.44. The van der Waals surface area contributed by atoms with E-state index in [2.05, 4.69) is 27.6 Å². The molecule has 2 rings (SSSR count). The number of aliphatic imine (C=N–C) groups is 1. The van der Waals surface area contributed by atoms with Crippen LogP contribution in [-0.4, -0.2) is 20.4 Å². The Balaban J connectivity index is 2.33. The minimum absolute atomic E-state index is 0.710. The summed E-state index contributed by atoms with van der Waals surface area (Å²) in [6.07, 6.45) is 1.85. The van der Waals surface area contributed by atoms with Gasteiger partial charge in [-0.15, -0.1) is 0 Å². The molecule has 0 aliphatic carbocycles. The highest BCUT2D eigenvalue weighted by molar-refractivity contribution is 14.1. The van der Waals surface area contributed by atoms with E-state index < -0.39 is 0 Å². The molecule has 0 atom stereocenters. The van der Waals surface area contributed by atoms with E-state index in [0.717, 1.165) is 22.6 Å². The second kappa shape index (κ2) is 6.74. The molecule has 0 saturated heterocycles. The van der Waals surface area contributed by atoms with E-state index >= 15 is 0 Å². The maximum Gasteiger partial charge on any atom is 0.161 e. The van der Waals surface area contributed by atoms with Gasteiger partial charge in [0.05, 0.1) is 19.9 Å². The smallest absolute Gasteiger partial charge is 0.161 e. The molecule has 0 aliphatic heterocycles. The van der Waals surface area contributed by atoms with Gasteiger partial charge in [-0.3, -0.25) is 4.99 Å². The Morgan fingerprint density at radius 2 is 1.75 bits per heavy atom. The summed E-state index contributed by atoms with van der Waals surface area (Å²) in [5.41, 5.74) is 3.05.